The van der Waals surface area contributed by atoms with Crippen molar-refractivity contribution in [3.8, 4) is 0 Å². The summed E-state index contributed by atoms with van der Waals surface area (Å²) in [5.74, 6) is 0. The highest BCUT2D eigenvalue weighted by Gasteiger charge is 1.34. The van der Waals surface area contributed by atoms with Crippen LogP contribution in [0.3, 0.4) is 0 Å². The van der Waals surface area contributed by atoms with Crippen LogP contribution in [-0.2, 0) is 0 Å². The largest absolute Gasteiger partial charge is 0.397 e. The molecule has 0 aliphatic carbocycles. The number of hydrogen-bond donors (Lipinski definition) is 2. The number of hydrogen-bond acceptors (Lipinski definition) is 2. The van der Waals surface area contributed by atoms with E-state index in [2.05, 4.69) is 0 Å². The molecule has 0 aliphatic heterocycles. The van der Waals surface area contributed by atoms with Crippen LogP contribution in [0.1, 0.15) is 6.92 Å². The summed E-state index contributed by atoms with van der Waals surface area (Å²) in [6.45, 7) is 1.93. The van der Waals surface area contributed by atoms with E-state index in [0.29, 0.717) is 0 Å². The molecule has 0 aromatic heterocycles. The third-order valence-electron chi connectivity index (χ3n) is 0. The maximum atomic E-state index is 7.57. The molecular formula is C2H10BrNO. The van der Waals surface area contributed by atoms with Crippen LogP contribution in [-0.4, -0.2) is 11.7 Å². The lowest BCUT2D eigenvalue weighted by Gasteiger charge is -1.52. The predicted molar refractivity (Wildman–Crippen MR) is 28.1 cm³/mol. The summed E-state index contributed by atoms with van der Waals surface area (Å²) in [6.07, 6.45) is 0. The zero-order valence-corrected chi connectivity index (χ0v) is 4.98. The first-order chi connectivity index (χ1) is 1.41. The van der Waals surface area contributed by atoms with Crippen molar-refractivity contribution in [1.82, 2.24) is 6.15 Å². The summed E-state index contributed by atoms with van der Waals surface area (Å²) in [6, 6.07) is 0. The average Bonchev–Trinajstić information content (AvgIpc) is 0.918. The minimum atomic E-state index is 0. The highest BCUT2D eigenvalue weighted by Crippen LogP contribution is 1.30. The second-order valence-corrected chi connectivity index (χ2v) is 0.316. The Balaban J connectivity index is -0.0000000200. The van der Waals surface area contributed by atoms with Crippen molar-refractivity contribution < 1.29 is 5.11 Å². The van der Waals surface area contributed by atoms with Crippen LogP contribution in [0.5, 0.6) is 0 Å². The first kappa shape index (κ1) is 18.2. The molecule has 0 rings (SSSR count). The molecule has 0 aromatic carbocycles. The van der Waals surface area contributed by atoms with Crippen molar-refractivity contribution in [2.75, 3.05) is 6.61 Å². The van der Waals surface area contributed by atoms with Crippen LogP contribution in [0.4, 0.5) is 0 Å². The summed E-state index contributed by atoms with van der Waals surface area (Å²) in [7, 11) is 0. The molecule has 4 N–H and O–H groups in total. The second kappa shape index (κ2) is 26.0. The van der Waals surface area contributed by atoms with Gasteiger partial charge in [0.15, 0.2) is 0 Å². The zero-order valence-electron chi connectivity index (χ0n) is 3.27. The summed E-state index contributed by atoms with van der Waals surface area (Å²) < 4.78 is 0. The second-order valence-electron chi connectivity index (χ2n) is 0.316. The van der Waals surface area contributed by atoms with Crippen molar-refractivity contribution >= 4 is 17.0 Å². The minimum absolute atomic E-state index is 0. The van der Waals surface area contributed by atoms with Gasteiger partial charge >= 0.3 is 0 Å². The van der Waals surface area contributed by atoms with Gasteiger partial charge in [0.1, 0.15) is 0 Å². The normalized spacial score (nSPS) is 3.60. The smallest absolute Gasteiger partial charge is 0.0402 e. The van der Waals surface area contributed by atoms with Crippen molar-refractivity contribution in [1.29, 1.82) is 0 Å². The summed E-state index contributed by atoms with van der Waals surface area (Å²) in [5, 5.41) is 7.57. The highest BCUT2D eigenvalue weighted by molar-refractivity contribution is 8.93. The Morgan fingerprint density at radius 1 is 1.60 bits per heavy atom. The van der Waals surface area contributed by atoms with Crippen LogP contribution in [0.2, 0.25) is 0 Å². The molecule has 0 unspecified atom stereocenters. The first-order valence-electron chi connectivity index (χ1n) is 1.02. The summed E-state index contributed by atoms with van der Waals surface area (Å²) in [5.41, 5.74) is 0. The molecule has 0 spiro atoms. The van der Waals surface area contributed by atoms with Gasteiger partial charge in [-0.2, -0.15) is 0 Å². The molecule has 0 saturated carbocycles. The van der Waals surface area contributed by atoms with E-state index in [4.69, 9.17) is 5.11 Å². The molecule has 36 valence electrons. The van der Waals surface area contributed by atoms with E-state index >= 15 is 0 Å². The topological polar surface area (TPSA) is 55.2 Å². The van der Waals surface area contributed by atoms with Crippen molar-refractivity contribution in [2.24, 2.45) is 0 Å². The molecule has 0 aliphatic rings. The lowest BCUT2D eigenvalue weighted by atomic mass is 10.9. The third kappa shape index (κ3) is 158. The van der Waals surface area contributed by atoms with Gasteiger partial charge in [-0.25, -0.2) is 0 Å². The highest BCUT2D eigenvalue weighted by atomic mass is 79.9. The van der Waals surface area contributed by atoms with Gasteiger partial charge in [-0.1, -0.05) is 0 Å². The molecule has 0 heterocycles. The summed E-state index contributed by atoms with van der Waals surface area (Å²) >= 11 is 0. The predicted octanol–water partition coefficient (Wildman–Crippen LogP) is 0.738. The van der Waals surface area contributed by atoms with E-state index in [1.165, 1.54) is 0 Å². The van der Waals surface area contributed by atoms with Crippen molar-refractivity contribution in [3.05, 3.63) is 0 Å². The standard InChI is InChI=1S/C2H6O.BrH.H3N/c1-2-3;;/h3H,2H2,1H3;1H;1H3. The molecule has 5 heavy (non-hydrogen) atoms. The number of rotatable bonds is 0. The third-order valence-corrected chi connectivity index (χ3v) is 0. The lowest BCUT2D eigenvalue weighted by Crippen LogP contribution is -1.57. The van der Waals surface area contributed by atoms with E-state index in [1.807, 2.05) is 0 Å². The van der Waals surface area contributed by atoms with Crippen LogP contribution in [0.15, 0.2) is 0 Å². The molecule has 0 radical (unpaired) electrons. The van der Waals surface area contributed by atoms with Crippen LogP contribution >= 0.6 is 17.0 Å². The molecule has 0 atom stereocenters. The quantitative estimate of drug-likeness (QED) is 0.526. The van der Waals surface area contributed by atoms with Gasteiger partial charge in [0.2, 0.25) is 0 Å². The molecule has 0 bridgehead atoms. The Kier molecular flexibility index (Phi) is 94.2. The molecule has 0 fully saturated rings. The Hall–Kier alpha value is 0.400. The van der Waals surface area contributed by atoms with E-state index in [9.17, 15) is 0 Å². The van der Waals surface area contributed by atoms with Crippen molar-refractivity contribution in [2.45, 2.75) is 6.92 Å². The SMILES string of the molecule is Br.CCO.N. The lowest BCUT2D eigenvalue weighted by molar-refractivity contribution is 0.318. The fourth-order valence-electron chi connectivity index (χ4n) is 0. The fourth-order valence-corrected chi connectivity index (χ4v) is 0. The van der Waals surface area contributed by atoms with Crippen molar-refractivity contribution in [3.63, 3.8) is 0 Å². The number of aliphatic hydroxyl groups excluding tert-OH is 1. The van der Waals surface area contributed by atoms with Gasteiger partial charge in [-0.15, -0.1) is 17.0 Å². The Bertz CT molecular complexity index is 9.61. The monoisotopic (exact) mass is 143 g/mol. The average molecular weight is 144 g/mol. The number of aliphatic hydroxyl groups is 1. The first-order valence-corrected chi connectivity index (χ1v) is 1.02. The fraction of sp³-hybridized carbons (Fsp3) is 1.00. The Morgan fingerprint density at radius 2 is 1.60 bits per heavy atom. The van der Waals surface area contributed by atoms with E-state index in [1.54, 1.807) is 6.92 Å². The van der Waals surface area contributed by atoms with Gasteiger partial charge in [-0.05, 0) is 6.92 Å². The molecule has 0 aromatic rings. The Morgan fingerprint density at radius 3 is 1.60 bits per heavy atom. The van der Waals surface area contributed by atoms with Gasteiger partial charge in [0.05, 0.1) is 0 Å². The van der Waals surface area contributed by atoms with Gasteiger partial charge in [0, 0.05) is 6.61 Å². The molecule has 0 saturated heterocycles. The number of halogens is 1. The van der Waals surface area contributed by atoms with Gasteiger partial charge in [0.25, 0.3) is 0 Å². The molecular weight excluding hydrogens is 134 g/mol. The molecule has 3 heteroatoms. The summed E-state index contributed by atoms with van der Waals surface area (Å²) in [4.78, 5) is 0. The molecule has 0 amide bonds. The minimum Gasteiger partial charge on any atom is -0.397 e. The van der Waals surface area contributed by atoms with Gasteiger partial charge in [-0.3, -0.25) is 0 Å². The maximum Gasteiger partial charge on any atom is 0.0402 e. The van der Waals surface area contributed by atoms with E-state index in [0.717, 1.165) is 0 Å². The van der Waals surface area contributed by atoms with Crippen LogP contribution in [0, 0.1) is 0 Å². The van der Waals surface area contributed by atoms with Crippen LogP contribution in [0.25, 0.3) is 0 Å². The zero-order chi connectivity index (χ0) is 2.71. The molecule has 2 nitrogen and oxygen atoms in total. The van der Waals surface area contributed by atoms with Crippen LogP contribution < -0.4 is 6.15 Å². The van der Waals surface area contributed by atoms with E-state index in [-0.39, 0.29) is 29.7 Å². The maximum absolute atomic E-state index is 7.57. The Labute approximate surface area is 42.5 Å². The van der Waals surface area contributed by atoms with E-state index < -0.39 is 0 Å². The van der Waals surface area contributed by atoms with Gasteiger partial charge < -0.3 is 11.3 Å².